The van der Waals surface area contributed by atoms with E-state index in [9.17, 15) is 0 Å². The summed E-state index contributed by atoms with van der Waals surface area (Å²) < 4.78 is 12.4. The number of hydrogen-bond acceptors (Lipinski definition) is 3. The zero-order valence-electron chi connectivity index (χ0n) is 11.8. The van der Waals surface area contributed by atoms with Crippen molar-refractivity contribution in [2.75, 3.05) is 13.2 Å². The molecule has 0 aliphatic carbocycles. The molecular weight excluding hydrogens is 330 g/mol. The first-order chi connectivity index (χ1) is 10.3. The summed E-state index contributed by atoms with van der Waals surface area (Å²) in [4.78, 5) is 0. The van der Waals surface area contributed by atoms with Crippen molar-refractivity contribution in [2.24, 2.45) is 5.73 Å². The van der Waals surface area contributed by atoms with Crippen LogP contribution in [0.1, 0.15) is 16.7 Å². The maximum Gasteiger partial charge on any atom is 0.122 e. The topological polar surface area (TPSA) is 44.5 Å². The van der Waals surface area contributed by atoms with E-state index in [1.165, 1.54) is 11.1 Å². The van der Waals surface area contributed by atoms with Crippen LogP contribution in [0.3, 0.4) is 0 Å². The van der Waals surface area contributed by atoms with Crippen molar-refractivity contribution < 1.29 is 9.47 Å². The van der Waals surface area contributed by atoms with Gasteiger partial charge in [-0.1, -0.05) is 28.1 Å². The highest BCUT2D eigenvalue weighted by Gasteiger charge is 2.11. The van der Waals surface area contributed by atoms with E-state index >= 15 is 0 Å². The molecule has 1 heterocycles. The minimum Gasteiger partial charge on any atom is -0.493 e. The van der Waals surface area contributed by atoms with Crippen molar-refractivity contribution in [2.45, 2.75) is 19.4 Å². The van der Waals surface area contributed by atoms with Crippen LogP contribution in [0.25, 0.3) is 0 Å². The smallest absolute Gasteiger partial charge is 0.122 e. The Labute approximate surface area is 133 Å². The van der Waals surface area contributed by atoms with Crippen molar-refractivity contribution in [3.05, 3.63) is 57.6 Å². The second kappa shape index (κ2) is 6.50. The second-order valence-corrected chi connectivity index (χ2v) is 5.95. The quantitative estimate of drug-likeness (QED) is 0.900. The van der Waals surface area contributed by atoms with E-state index in [1.54, 1.807) is 0 Å². The number of halogens is 1. The van der Waals surface area contributed by atoms with E-state index in [4.69, 9.17) is 15.2 Å². The summed E-state index contributed by atoms with van der Waals surface area (Å²) >= 11 is 3.48. The molecule has 21 heavy (non-hydrogen) atoms. The lowest BCUT2D eigenvalue weighted by atomic mass is 10.1. The largest absolute Gasteiger partial charge is 0.493 e. The molecule has 4 heteroatoms. The van der Waals surface area contributed by atoms with Gasteiger partial charge in [-0.05, 0) is 41.0 Å². The van der Waals surface area contributed by atoms with Gasteiger partial charge in [0.25, 0.3) is 0 Å². The Morgan fingerprint density at radius 1 is 1.19 bits per heavy atom. The molecule has 0 spiro atoms. The molecule has 2 aromatic rings. The van der Waals surface area contributed by atoms with Crippen molar-refractivity contribution >= 4 is 15.9 Å². The van der Waals surface area contributed by atoms with Gasteiger partial charge in [0.1, 0.15) is 11.5 Å². The number of rotatable bonds is 5. The third kappa shape index (κ3) is 3.39. The Kier molecular flexibility index (Phi) is 4.46. The molecule has 3 nitrogen and oxygen atoms in total. The molecule has 0 atom stereocenters. The van der Waals surface area contributed by atoms with E-state index < -0.39 is 0 Å². The van der Waals surface area contributed by atoms with Crippen LogP contribution in [0.15, 0.2) is 40.9 Å². The van der Waals surface area contributed by atoms with Crippen LogP contribution in [0, 0.1) is 0 Å². The van der Waals surface area contributed by atoms with Crippen LogP contribution in [-0.2, 0) is 19.4 Å². The Morgan fingerprint density at radius 2 is 2.10 bits per heavy atom. The van der Waals surface area contributed by atoms with Crippen molar-refractivity contribution in [3.8, 4) is 11.5 Å². The molecular formula is C17H18BrNO2. The molecule has 2 N–H and O–H groups in total. The SMILES string of the molecule is NCc1cc(OCCc2ccc3c(c2)CCO3)ccc1Br. The third-order valence-corrected chi connectivity index (χ3v) is 4.42. The maximum absolute atomic E-state index is 5.82. The summed E-state index contributed by atoms with van der Waals surface area (Å²) in [6.45, 7) is 1.96. The van der Waals surface area contributed by atoms with Crippen LogP contribution in [0.2, 0.25) is 0 Å². The highest BCUT2D eigenvalue weighted by atomic mass is 79.9. The number of ether oxygens (including phenoxy) is 2. The van der Waals surface area contributed by atoms with Gasteiger partial charge >= 0.3 is 0 Å². The fourth-order valence-corrected chi connectivity index (χ4v) is 2.89. The van der Waals surface area contributed by atoms with Crippen LogP contribution < -0.4 is 15.2 Å². The van der Waals surface area contributed by atoms with Gasteiger partial charge in [0, 0.05) is 23.9 Å². The fraction of sp³-hybridized carbons (Fsp3) is 0.294. The molecule has 2 aromatic carbocycles. The van der Waals surface area contributed by atoms with Crippen LogP contribution in [0.4, 0.5) is 0 Å². The van der Waals surface area contributed by atoms with Crippen molar-refractivity contribution in [1.29, 1.82) is 0 Å². The van der Waals surface area contributed by atoms with Gasteiger partial charge in [0.2, 0.25) is 0 Å². The lowest BCUT2D eigenvalue weighted by Gasteiger charge is -2.09. The van der Waals surface area contributed by atoms with E-state index in [0.29, 0.717) is 13.2 Å². The number of hydrogen-bond donors (Lipinski definition) is 1. The fourth-order valence-electron chi connectivity index (χ4n) is 2.48. The molecule has 0 fully saturated rings. The maximum atomic E-state index is 5.82. The monoisotopic (exact) mass is 347 g/mol. The molecule has 0 unspecified atom stereocenters. The Hall–Kier alpha value is -1.52. The molecule has 0 saturated heterocycles. The lowest BCUT2D eigenvalue weighted by Crippen LogP contribution is -2.03. The van der Waals surface area contributed by atoms with E-state index in [2.05, 4.69) is 34.1 Å². The average Bonchev–Trinajstić information content (AvgIpc) is 2.96. The first-order valence-corrected chi connectivity index (χ1v) is 7.91. The molecule has 0 radical (unpaired) electrons. The molecule has 0 amide bonds. The summed E-state index contributed by atoms with van der Waals surface area (Å²) in [5.41, 5.74) is 9.35. The molecule has 0 aromatic heterocycles. The van der Waals surface area contributed by atoms with Gasteiger partial charge < -0.3 is 15.2 Å². The van der Waals surface area contributed by atoms with Gasteiger partial charge in [-0.15, -0.1) is 0 Å². The molecule has 1 aliphatic heterocycles. The van der Waals surface area contributed by atoms with Gasteiger partial charge in [0.05, 0.1) is 13.2 Å². The Balaban J connectivity index is 1.58. The summed E-state index contributed by atoms with van der Waals surface area (Å²) in [5, 5.41) is 0. The summed E-state index contributed by atoms with van der Waals surface area (Å²) in [7, 11) is 0. The predicted octanol–water partition coefficient (Wildman–Crippen LogP) is 3.46. The van der Waals surface area contributed by atoms with Crippen LogP contribution in [0.5, 0.6) is 11.5 Å². The van der Waals surface area contributed by atoms with Crippen LogP contribution >= 0.6 is 15.9 Å². The first kappa shape index (κ1) is 14.4. The number of fused-ring (bicyclic) bond motifs is 1. The number of nitrogens with two attached hydrogens (primary N) is 1. The molecule has 110 valence electrons. The Morgan fingerprint density at radius 3 is 2.95 bits per heavy atom. The summed E-state index contributed by atoms with van der Waals surface area (Å²) in [6, 6.07) is 12.3. The van der Waals surface area contributed by atoms with Gasteiger partial charge in [-0.25, -0.2) is 0 Å². The van der Waals surface area contributed by atoms with Crippen molar-refractivity contribution in [3.63, 3.8) is 0 Å². The first-order valence-electron chi connectivity index (χ1n) is 7.12. The predicted molar refractivity (Wildman–Crippen MR) is 86.9 cm³/mol. The molecule has 3 rings (SSSR count). The highest BCUT2D eigenvalue weighted by Crippen LogP contribution is 2.26. The average molecular weight is 348 g/mol. The normalized spacial score (nSPS) is 12.9. The van der Waals surface area contributed by atoms with Gasteiger partial charge in [0.15, 0.2) is 0 Å². The third-order valence-electron chi connectivity index (χ3n) is 3.65. The molecule has 0 saturated carbocycles. The zero-order chi connectivity index (χ0) is 14.7. The Bertz CT molecular complexity index is 632. The summed E-state index contributed by atoms with van der Waals surface area (Å²) in [6.07, 6.45) is 1.90. The van der Waals surface area contributed by atoms with E-state index in [-0.39, 0.29) is 0 Å². The standard InChI is InChI=1S/C17H18BrNO2/c18-16-3-2-15(10-14(16)11-19)20-7-5-12-1-4-17-13(9-12)6-8-21-17/h1-4,9-10H,5-8,11,19H2. The summed E-state index contributed by atoms with van der Waals surface area (Å²) in [5.74, 6) is 1.89. The minimum absolute atomic E-state index is 0.503. The van der Waals surface area contributed by atoms with E-state index in [1.807, 2.05) is 18.2 Å². The van der Waals surface area contributed by atoms with Crippen molar-refractivity contribution in [1.82, 2.24) is 0 Å². The second-order valence-electron chi connectivity index (χ2n) is 5.10. The highest BCUT2D eigenvalue weighted by molar-refractivity contribution is 9.10. The van der Waals surface area contributed by atoms with E-state index in [0.717, 1.165) is 41.0 Å². The lowest BCUT2D eigenvalue weighted by molar-refractivity contribution is 0.321. The molecule has 0 bridgehead atoms. The number of benzene rings is 2. The van der Waals surface area contributed by atoms with Crippen LogP contribution in [-0.4, -0.2) is 13.2 Å². The zero-order valence-corrected chi connectivity index (χ0v) is 13.4. The van der Waals surface area contributed by atoms with Gasteiger partial charge in [-0.2, -0.15) is 0 Å². The minimum atomic E-state index is 0.503. The molecule has 1 aliphatic rings. The van der Waals surface area contributed by atoms with Gasteiger partial charge in [-0.3, -0.25) is 0 Å².